The summed E-state index contributed by atoms with van der Waals surface area (Å²) in [4.78, 5) is 19.9. The van der Waals surface area contributed by atoms with E-state index in [2.05, 4.69) is 27.1 Å². The van der Waals surface area contributed by atoms with Gasteiger partial charge in [0.15, 0.2) is 0 Å². The van der Waals surface area contributed by atoms with Crippen LogP contribution in [-0.2, 0) is 11.2 Å². The molecule has 5 nitrogen and oxygen atoms in total. The van der Waals surface area contributed by atoms with Crippen LogP contribution in [0.4, 0.5) is 5.82 Å². The molecular weight excluding hydrogens is 254 g/mol. The predicted octanol–water partition coefficient (Wildman–Crippen LogP) is 1.00. The molecule has 5 heteroatoms. The summed E-state index contributed by atoms with van der Waals surface area (Å²) in [6, 6.07) is 6.98. The van der Waals surface area contributed by atoms with Crippen molar-refractivity contribution >= 4 is 11.7 Å². The summed E-state index contributed by atoms with van der Waals surface area (Å²) in [6.07, 6.45) is 5.10. The van der Waals surface area contributed by atoms with Gasteiger partial charge in [0.2, 0.25) is 5.91 Å². The molecular formula is C15H13N3O2. The van der Waals surface area contributed by atoms with Crippen molar-refractivity contribution in [1.82, 2.24) is 9.97 Å². The summed E-state index contributed by atoms with van der Waals surface area (Å²) in [6.45, 7) is -0.203. The summed E-state index contributed by atoms with van der Waals surface area (Å²) in [7, 11) is 0. The van der Waals surface area contributed by atoms with Gasteiger partial charge in [-0.05, 0) is 23.8 Å². The van der Waals surface area contributed by atoms with E-state index in [0.29, 0.717) is 11.4 Å². The van der Waals surface area contributed by atoms with Gasteiger partial charge in [0.1, 0.15) is 12.4 Å². The Morgan fingerprint density at radius 3 is 3.00 bits per heavy atom. The highest BCUT2D eigenvalue weighted by Gasteiger charge is 2.05. The van der Waals surface area contributed by atoms with E-state index in [1.165, 1.54) is 0 Å². The molecule has 0 atom stereocenters. The number of nitrogens with one attached hydrogen (secondary N) is 1. The molecule has 20 heavy (non-hydrogen) atoms. The maximum atomic E-state index is 11.9. The number of pyridine rings is 2. The molecule has 0 unspecified atom stereocenters. The van der Waals surface area contributed by atoms with Crippen LogP contribution in [-0.4, -0.2) is 27.6 Å². The molecule has 2 aromatic heterocycles. The van der Waals surface area contributed by atoms with Crippen molar-refractivity contribution in [3.8, 4) is 11.8 Å². The van der Waals surface area contributed by atoms with Gasteiger partial charge in [-0.1, -0.05) is 17.9 Å². The Kier molecular flexibility index (Phi) is 4.81. The van der Waals surface area contributed by atoms with Crippen LogP contribution in [0.5, 0.6) is 0 Å². The quantitative estimate of drug-likeness (QED) is 0.814. The van der Waals surface area contributed by atoms with Crippen molar-refractivity contribution in [3.63, 3.8) is 0 Å². The zero-order chi connectivity index (χ0) is 14.2. The van der Waals surface area contributed by atoms with Gasteiger partial charge >= 0.3 is 0 Å². The average Bonchev–Trinajstić information content (AvgIpc) is 2.46. The Morgan fingerprint density at radius 1 is 1.35 bits per heavy atom. The van der Waals surface area contributed by atoms with Crippen molar-refractivity contribution in [1.29, 1.82) is 0 Å². The minimum Gasteiger partial charge on any atom is -0.384 e. The number of amides is 1. The average molecular weight is 267 g/mol. The van der Waals surface area contributed by atoms with Gasteiger partial charge in [-0.3, -0.25) is 9.78 Å². The molecule has 0 saturated carbocycles. The number of rotatable bonds is 3. The number of carbonyl (C=O) groups is 1. The maximum absolute atomic E-state index is 11.9. The lowest BCUT2D eigenvalue weighted by Gasteiger charge is -2.04. The smallest absolute Gasteiger partial charge is 0.230 e. The normalized spacial score (nSPS) is 9.45. The highest BCUT2D eigenvalue weighted by Crippen LogP contribution is 2.07. The SMILES string of the molecule is O=C(Cc1cccnc1)Nc1cc(C#CCO)ccn1. The molecule has 2 N–H and O–H groups in total. The highest BCUT2D eigenvalue weighted by molar-refractivity contribution is 5.91. The van der Waals surface area contributed by atoms with E-state index in [-0.39, 0.29) is 18.9 Å². The molecule has 0 aliphatic rings. The van der Waals surface area contributed by atoms with Crippen LogP contribution in [0.1, 0.15) is 11.1 Å². The fourth-order valence-electron chi connectivity index (χ4n) is 1.59. The van der Waals surface area contributed by atoms with Gasteiger partial charge < -0.3 is 10.4 Å². The molecule has 0 aromatic carbocycles. The van der Waals surface area contributed by atoms with Crippen molar-refractivity contribution in [2.75, 3.05) is 11.9 Å². The van der Waals surface area contributed by atoms with Crippen molar-refractivity contribution in [3.05, 3.63) is 54.0 Å². The van der Waals surface area contributed by atoms with E-state index in [1.54, 1.807) is 36.8 Å². The lowest BCUT2D eigenvalue weighted by molar-refractivity contribution is -0.115. The number of nitrogens with zero attached hydrogens (tertiary/aromatic N) is 2. The molecule has 100 valence electrons. The van der Waals surface area contributed by atoms with Crippen molar-refractivity contribution in [2.45, 2.75) is 6.42 Å². The van der Waals surface area contributed by atoms with Gasteiger partial charge in [-0.25, -0.2) is 4.98 Å². The molecule has 0 aliphatic heterocycles. The van der Waals surface area contributed by atoms with Gasteiger partial charge in [0, 0.05) is 24.2 Å². The molecule has 1 amide bonds. The van der Waals surface area contributed by atoms with E-state index in [1.807, 2.05) is 6.07 Å². The number of aromatic nitrogens is 2. The molecule has 0 saturated heterocycles. The number of aliphatic hydroxyl groups is 1. The summed E-state index contributed by atoms with van der Waals surface area (Å²) in [5, 5.41) is 11.3. The monoisotopic (exact) mass is 267 g/mol. The fourth-order valence-corrected chi connectivity index (χ4v) is 1.59. The largest absolute Gasteiger partial charge is 0.384 e. The maximum Gasteiger partial charge on any atom is 0.230 e. The Balaban J connectivity index is 2.01. The number of aliphatic hydroxyl groups excluding tert-OH is 1. The summed E-state index contributed by atoms with van der Waals surface area (Å²) in [5.74, 6) is 5.56. The zero-order valence-electron chi connectivity index (χ0n) is 10.7. The zero-order valence-corrected chi connectivity index (χ0v) is 10.7. The summed E-state index contributed by atoms with van der Waals surface area (Å²) in [5.41, 5.74) is 1.52. The summed E-state index contributed by atoms with van der Waals surface area (Å²) < 4.78 is 0. The van der Waals surface area contributed by atoms with Crippen LogP contribution in [0.15, 0.2) is 42.9 Å². The fraction of sp³-hybridized carbons (Fsp3) is 0.133. The van der Waals surface area contributed by atoms with Crippen LogP contribution in [0.3, 0.4) is 0 Å². The van der Waals surface area contributed by atoms with E-state index in [0.717, 1.165) is 5.56 Å². The molecule has 2 heterocycles. The topological polar surface area (TPSA) is 75.1 Å². The lowest BCUT2D eigenvalue weighted by atomic mass is 10.2. The first kappa shape index (κ1) is 13.7. The van der Waals surface area contributed by atoms with Crippen LogP contribution in [0.25, 0.3) is 0 Å². The second-order valence-corrected chi connectivity index (χ2v) is 3.98. The predicted molar refractivity (Wildman–Crippen MR) is 74.8 cm³/mol. The molecule has 0 aliphatic carbocycles. The van der Waals surface area contributed by atoms with E-state index in [9.17, 15) is 4.79 Å². The number of hydrogen-bond donors (Lipinski definition) is 2. The minimum absolute atomic E-state index is 0.169. The molecule has 0 radical (unpaired) electrons. The van der Waals surface area contributed by atoms with Crippen LogP contribution in [0, 0.1) is 11.8 Å². The minimum atomic E-state index is -0.203. The second-order valence-electron chi connectivity index (χ2n) is 3.98. The molecule has 2 rings (SSSR count). The third-order valence-electron chi connectivity index (χ3n) is 2.43. The Hall–Kier alpha value is -2.71. The lowest BCUT2D eigenvalue weighted by Crippen LogP contribution is -2.15. The molecule has 0 spiro atoms. The Morgan fingerprint density at radius 2 is 2.25 bits per heavy atom. The molecule has 0 fully saturated rings. The van der Waals surface area contributed by atoms with Gasteiger partial charge in [0.05, 0.1) is 6.42 Å². The number of hydrogen-bond acceptors (Lipinski definition) is 4. The van der Waals surface area contributed by atoms with Crippen LogP contribution in [0.2, 0.25) is 0 Å². The third-order valence-corrected chi connectivity index (χ3v) is 2.43. The van der Waals surface area contributed by atoms with Gasteiger partial charge in [-0.15, -0.1) is 0 Å². The van der Waals surface area contributed by atoms with E-state index in [4.69, 9.17) is 5.11 Å². The number of carbonyl (C=O) groups excluding carboxylic acids is 1. The molecule has 0 bridgehead atoms. The first-order valence-corrected chi connectivity index (χ1v) is 6.02. The van der Waals surface area contributed by atoms with Gasteiger partial charge in [0.25, 0.3) is 0 Å². The Bertz CT molecular complexity index is 645. The van der Waals surface area contributed by atoms with Crippen molar-refractivity contribution < 1.29 is 9.90 Å². The second kappa shape index (κ2) is 7.02. The van der Waals surface area contributed by atoms with E-state index < -0.39 is 0 Å². The van der Waals surface area contributed by atoms with Crippen LogP contribution >= 0.6 is 0 Å². The Labute approximate surface area is 116 Å². The third kappa shape index (κ3) is 4.19. The van der Waals surface area contributed by atoms with Crippen molar-refractivity contribution in [2.24, 2.45) is 0 Å². The molecule has 2 aromatic rings. The highest BCUT2D eigenvalue weighted by atomic mass is 16.2. The van der Waals surface area contributed by atoms with Gasteiger partial charge in [-0.2, -0.15) is 0 Å². The number of anilines is 1. The standard InChI is InChI=1S/C15H13N3O2/c19-8-2-4-12-5-7-17-14(9-12)18-15(20)10-13-3-1-6-16-11-13/h1,3,5-7,9,11,19H,8,10H2,(H,17,18,20). The first-order chi connectivity index (χ1) is 9.78. The summed E-state index contributed by atoms with van der Waals surface area (Å²) >= 11 is 0. The first-order valence-electron chi connectivity index (χ1n) is 6.02. The van der Waals surface area contributed by atoms with E-state index >= 15 is 0 Å². The van der Waals surface area contributed by atoms with Crippen LogP contribution < -0.4 is 5.32 Å².